The maximum absolute atomic E-state index is 9.30. The number of hydrogen-bond donors (Lipinski definition) is 1. The summed E-state index contributed by atoms with van der Waals surface area (Å²) in [4.78, 5) is 8.26. The minimum absolute atomic E-state index is 0.163. The molecule has 6 nitrogen and oxygen atoms in total. The smallest absolute Gasteiger partial charge is 0.254 e. The quantitative estimate of drug-likeness (QED) is 0.745. The first-order valence-electron chi connectivity index (χ1n) is 5.46. The van der Waals surface area contributed by atoms with E-state index in [-0.39, 0.29) is 11.4 Å². The summed E-state index contributed by atoms with van der Waals surface area (Å²) in [7, 11) is 0. The Morgan fingerprint density at radius 3 is 2.80 bits per heavy atom. The van der Waals surface area contributed by atoms with Crippen molar-refractivity contribution in [1.82, 2.24) is 19.6 Å². The standard InChI is InChI=1S/C12H6Cl2N6/c13-6-1-2-7(9(14)3-6)10-8(4-15)11(16)20-12(19-10)17-5-18-20/h1-3,5H,16H2. The summed E-state index contributed by atoms with van der Waals surface area (Å²) >= 11 is 12.0. The summed E-state index contributed by atoms with van der Waals surface area (Å²) in [5, 5.41) is 14.1. The van der Waals surface area contributed by atoms with E-state index in [1.165, 1.54) is 10.8 Å². The van der Waals surface area contributed by atoms with Gasteiger partial charge >= 0.3 is 0 Å². The Kier molecular flexibility index (Phi) is 2.93. The van der Waals surface area contributed by atoms with Crippen molar-refractivity contribution in [3.63, 3.8) is 0 Å². The zero-order chi connectivity index (χ0) is 14.3. The van der Waals surface area contributed by atoms with Gasteiger partial charge in [0.1, 0.15) is 23.8 Å². The van der Waals surface area contributed by atoms with Crippen molar-refractivity contribution in [3.8, 4) is 17.3 Å². The highest BCUT2D eigenvalue weighted by atomic mass is 35.5. The molecule has 0 atom stereocenters. The Labute approximate surface area is 123 Å². The number of nitrogen functional groups attached to an aromatic ring is 1. The highest BCUT2D eigenvalue weighted by molar-refractivity contribution is 6.36. The van der Waals surface area contributed by atoms with E-state index < -0.39 is 0 Å². The molecule has 0 fully saturated rings. The third kappa shape index (κ3) is 1.84. The number of hydrogen-bond acceptors (Lipinski definition) is 5. The monoisotopic (exact) mass is 304 g/mol. The van der Waals surface area contributed by atoms with Gasteiger partial charge in [-0.05, 0) is 18.2 Å². The summed E-state index contributed by atoms with van der Waals surface area (Å²) in [5.74, 6) is 0.457. The number of fused-ring (bicyclic) bond motifs is 1. The van der Waals surface area contributed by atoms with Crippen molar-refractivity contribution in [2.45, 2.75) is 0 Å². The van der Waals surface area contributed by atoms with Crippen LogP contribution in [-0.4, -0.2) is 19.6 Å². The van der Waals surface area contributed by atoms with Crippen molar-refractivity contribution in [2.75, 3.05) is 5.73 Å². The van der Waals surface area contributed by atoms with Crippen LogP contribution in [0.5, 0.6) is 0 Å². The van der Waals surface area contributed by atoms with E-state index in [1.807, 2.05) is 6.07 Å². The molecule has 0 aliphatic rings. The van der Waals surface area contributed by atoms with Crippen molar-refractivity contribution in [1.29, 1.82) is 5.26 Å². The number of rotatable bonds is 1. The van der Waals surface area contributed by atoms with Crippen LogP contribution < -0.4 is 5.73 Å². The average Bonchev–Trinajstić information content (AvgIpc) is 2.87. The Morgan fingerprint density at radius 2 is 2.10 bits per heavy atom. The number of aromatic nitrogens is 4. The van der Waals surface area contributed by atoms with Crippen LogP contribution >= 0.6 is 23.2 Å². The number of nitriles is 1. The molecule has 2 N–H and O–H groups in total. The van der Waals surface area contributed by atoms with Gasteiger partial charge < -0.3 is 5.73 Å². The van der Waals surface area contributed by atoms with Crippen LogP contribution in [0.3, 0.4) is 0 Å². The first-order chi connectivity index (χ1) is 9.61. The van der Waals surface area contributed by atoms with E-state index in [4.69, 9.17) is 28.9 Å². The second kappa shape index (κ2) is 4.63. The molecule has 0 aliphatic carbocycles. The minimum atomic E-state index is 0.163. The molecule has 0 saturated heterocycles. The molecule has 0 aliphatic heterocycles. The zero-order valence-electron chi connectivity index (χ0n) is 9.88. The lowest BCUT2D eigenvalue weighted by Gasteiger charge is -2.09. The largest absolute Gasteiger partial charge is 0.382 e. The summed E-state index contributed by atoms with van der Waals surface area (Å²) in [6, 6.07) is 6.94. The first-order valence-corrected chi connectivity index (χ1v) is 6.22. The van der Waals surface area contributed by atoms with Crippen LogP contribution in [0.4, 0.5) is 5.82 Å². The minimum Gasteiger partial charge on any atom is -0.382 e. The molecule has 0 amide bonds. The topological polar surface area (TPSA) is 92.9 Å². The lowest BCUT2D eigenvalue weighted by atomic mass is 10.1. The van der Waals surface area contributed by atoms with E-state index in [2.05, 4.69) is 15.1 Å². The molecule has 0 radical (unpaired) electrons. The lowest BCUT2D eigenvalue weighted by molar-refractivity contribution is 0.949. The summed E-state index contributed by atoms with van der Waals surface area (Å²) in [6.07, 6.45) is 1.31. The van der Waals surface area contributed by atoms with E-state index >= 15 is 0 Å². The fourth-order valence-corrected chi connectivity index (χ4v) is 2.35. The summed E-state index contributed by atoms with van der Waals surface area (Å²) in [6.45, 7) is 0. The van der Waals surface area contributed by atoms with Crippen LogP contribution in [0, 0.1) is 11.3 Å². The van der Waals surface area contributed by atoms with Gasteiger partial charge in [0.25, 0.3) is 5.78 Å². The van der Waals surface area contributed by atoms with Gasteiger partial charge in [-0.1, -0.05) is 23.2 Å². The number of halogens is 2. The molecule has 0 saturated carbocycles. The molecule has 0 unspecified atom stereocenters. The second-order valence-corrected chi connectivity index (χ2v) is 4.77. The Balaban J connectivity index is 2.38. The van der Waals surface area contributed by atoms with E-state index in [0.717, 1.165) is 0 Å². The van der Waals surface area contributed by atoms with Crippen molar-refractivity contribution in [2.24, 2.45) is 0 Å². The van der Waals surface area contributed by atoms with E-state index in [0.29, 0.717) is 27.1 Å². The first kappa shape index (κ1) is 12.7. The van der Waals surface area contributed by atoms with Crippen LogP contribution in [0.25, 0.3) is 17.0 Å². The molecular formula is C12H6Cl2N6. The fourth-order valence-electron chi connectivity index (χ4n) is 1.85. The SMILES string of the molecule is N#Cc1c(-c2ccc(Cl)cc2Cl)nc2ncnn2c1N. The van der Waals surface area contributed by atoms with E-state index in [1.54, 1.807) is 18.2 Å². The highest BCUT2D eigenvalue weighted by Crippen LogP contribution is 2.33. The van der Waals surface area contributed by atoms with E-state index in [9.17, 15) is 5.26 Å². The number of nitrogens with two attached hydrogens (primary N) is 1. The van der Waals surface area contributed by atoms with Gasteiger partial charge in [-0.2, -0.15) is 19.9 Å². The molecule has 20 heavy (non-hydrogen) atoms. The average molecular weight is 305 g/mol. The molecule has 8 heteroatoms. The maximum atomic E-state index is 9.30. The Morgan fingerprint density at radius 1 is 1.30 bits per heavy atom. The molecule has 1 aromatic carbocycles. The van der Waals surface area contributed by atoms with Crippen LogP contribution in [-0.2, 0) is 0 Å². The predicted octanol–water partition coefficient (Wildman–Crippen LogP) is 2.55. The Hall–Kier alpha value is -2.36. The summed E-state index contributed by atoms with van der Waals surface area (Å²) < 4.78 is 1.30. The predicted molar refractivity (Wildman–Crippen MR) is 75.4 cm³/mol. The van der Waals surface area contributed by atoms with Crippen LogP contribution in [0.1, 0.15) is 5.56 Å². The fraction of sp³-hybridized carbons (Fsp3) is 0. The molecule has 3 rings (SSSR count). The summed E-state index contributed by atoms with van der Waals surface area (Å²) in [5.41, 5.74) is 7.02. The molecule has 0 spiro atoms. The van der Waals surface area contributed by atoms with Crippen LogP contribution in [0.2, 0.25) is 10.0 Å². The zero-order valence-corrected chi connectivity index (χ0v) is 11.4. The second-order valence-electron chi connectivity index (χ2n) is 3.93. The maximum Gasteiger partial charge on any atom is 0.254 e. The van der Waals surface area contributed by atoms with Crippen molar-refractivity contribution >= 4 is 34.8 Å². The molecule has 2 heterocycles. The lowest BCUT2D eigenvalue weighted by Crippen LogP contribution is -2.06. The van der Waals surface area contributed by atoms with Gasteiger partial charge in [-0.25, -0.2) is 4.98 Å². The normalized spacial score (nSPS) is 10.7. The molecule has 98 valence electrons. The number of anilines is 1. The highest BCUT2D eigenvalue weighted by Gasteiger charge is 2.17. The Bertz CT molecular complexity index is 864. The molecule has 3 aromatic rings. The van der Waals surface area contributed by atoms with Crippen molar-refractivity contribution in [3.05, 3.63) is 40.1 Å². The number of nitrogens with zero attached hydrogens (tertiary/aromatic N) is 5. The van der Waals surface area contributed by atoms with Crippen LogP contribution in [0.15, 0.2) is 24.5 Å². The molecule has 0 bridgehead atoms. The van der Waals surface area contributed by atoms with Gasteiger partial charge in [-0.15, -0.1) is 0 Å². The van der Waals surface area contributed by atoms with Gasteiger partial charge in [0.2, 0.25) is 0 Å². The molecule has 2 aromatic heterocycles. The van der Waals surface area contributed by atoms with Gasteiger partial charge in [0.15, 0.2) is 0 Å². The third-order valence-electron chi connectivity index (χ3n) is 2.76. The van der Waals surface area contributed by atoms with Gasteiger partial charge in [0, 0.05) is 10.6 Å². The van der Waals surface area contributed by atoms with Gasteiger partial charge in [-0.3, -0.25) is 0 Å². The number of benzene rings is 1. The molecular weight excluding hydrogens is 299 g/mol. The van der Waals surface area contributed by atoms with Crippen molar-refractivity contribution < 1.29 is 0 Å². The third-order valence-corrected chi connectivity index (χ3v) is 3.31. The van der Waals surface area contributed by atoms with Gasteiger partial charge in [0.05, 0.1) is 10.7 Å².